The van der Waals surface area contributed by atoms with E-state index in [-0.39, 0.29) is 18.6 Å². The molecule has 0 bridgehead atoms. The van der Waals surface area contributed by atoms with Crippen molar-refractivity contribution in [3.63, 3.8) is 0 Å². The summed E-state index contributed by atoms with van der Waals surface area (Å²) in [6.45, 7) is 3.27. The van der Waals surface area contributed by atoms with Crippen molar-refractivity contribution >= 4 is 5.91 Å². The van der Waals surface area contributed by atoms with E-state index in [4.69, 9.17) is 9.68 Å². The number of amides is 1. The normalized spacial score (nSPS) is 19.8. The van der Waals surface area contributed by atoms with Crippen molar-refractivity contribution in [2.45, 2.75) is 32.3 Å². The summed E-state index contributed by atoms with van der Waals surface area (Å²) in [6, 6.07) is 6.59. The van der Waals surface area contributed by atoms with Crippen molar-refractivity contribution in [2.24, 2.45) is 5.28 Å². The number of likely N-dealkylation sites (N-methyl/N-ethyl adjacent to an activating group) is 1. The minimum Gasteiger partial charge on any atom is -0.394 e. The zero-order valence-electron chi connectivity index (χ0n) is 14.2. The van der Waals surface area contributed by atoms with Gasteiger partial charge in [-0.3, -0.25) is 9.69 Å². The third kappa shape index (κ3) is 3.26. The Bertz CT molecular complexity index is 624. The Hall–Kier alpha value is -2.39. The highest BCUT2D eigenvalue weighted by atomic mass is 16.8. The van der Waals surface area contributed by atoms with Crippen LogP contribution in [0.1, 0.15) is 36.0 Å². The summed E-state index contributed by atoms with van der Waals surface area (Å²) >= 11 is 0. The number of aliphatic hydroxyl groups is 2. The second kappa shape index (κ2) is 7.45. The lowest BCUT2D eigenvalue weighted by Crippen LogP contribution is -2.41. The van der Waals surface area contributed by atoms with Crippen molar-refractivity contribution in [3.8, 4) is 0 Å². The van der Waals surface area contributed by atoms with Gasteiger partial charge in [-0.2, -0.15) is 0 Å². The summed E-state index contributed by atoms with van der Waals surface area (Å²) in [7, 11) is 3.05. The number of benzene rings is 1. The predicted molar refractivity (Wildman–Crippen MR) is 82.1 cm³/mol. The van der Waals surface area contributed by atoms with Crippen LogP contribution < -0.4 is 0 Å². The quantitative estimate of drug-likeness (QED) is 0.430. The lowest BCUT2D eigenvalue weighted by molar-refractivity contribution is -0.944. The molecule has 1 aromatic carbocycles. The number of hydrogen-bond acceptors (Lipinski definition) is 6. The molecule has 9 heteroatoms. The van der Waals surface area contributed by atoms with Crippen LogP contribution in [0.2, 0.25) is 0 Å². The van der Waals surface area contributed by atoms with E-state index in [1.807, 2.05) is 0 Å². The van der Waals surface area contributed by atoms with Gasteiger partial charge >= 0.3 is 0 Å². The first-order valence-electron chi connectivity index (χ1n) is 7.56. The Morgan fingerprint density at radius 2 is 2.08 bits per heavy atom. The third-order valence-electron chi connectivity index (χ3n) is 3.96. The van der Waals surface area contributed by atoms with Gasteiger partial charge in [-0.1, -0.05) is 18.2 Å². The van der Waals surface area contributed by atoms with E-state index in [2.05, 4.69) is 5.28 Å². The maximum Gasteiger partial charge on any atom is 0.276 e. The van der Waals surface area contributed by atoms with Crippen LogP contribution in [-0.4, -0.2) is 64.0 Å². The molecule has 2 unspecified atom stereocenters. The maximum absolute atomic E-state index is 12.4. The average molecular weight is 339 g/mol. The lowest BCUT2D eigenvalue weighted by Gasteiger charge is -2.24. The summed E-state index contributed by atoms with van der Waals surface area (Å²) in [4.78, 5) is 25.0. The number of carbonyl (C=O) groups is 1. The zero-order chi connectivity index (χ0) is 17.9. The summed E-state index contributed by atoms with van der Waals surface area (Å²) in [5.74, 6) is -0.332. The Morgan fingerprint density at radius 1 is 1.42 bits per heavy atom. The van der Waals surface area contributed by atoms with Crippen LogP contribution in [0.3, 0.4) is 0 Å². The molecule has 0 spiro atoms. The van der Waals surface area contributed by atoms with Crippen molar-refractivity contribution in [1.29, 1.82) is 0 Å². The predicted octanol–water partition coefficient (Wildman–Crippen LogP) is 0.665. The first-order valence-corrected chi connectivity index (χ1v) is 7.56. The Balaban J connectivity index is 2.11. The molecule has 3 atom stereocenters. The second-order valence-electron chi connectivity index (χ2n) is 5.50. The summed E-state index contributed by atoms with van der Waals surface area (Å²) in [5, 5.41) is 24.8. The number of aliphatic hydroxyl groups excluding tert-OH is 2. The van der Waals surface area contributed by atoms with Crippen LogP contribution in [-0.2, 0) is 9.68 Å². The number of hydrazine groups is 1. The highest BCUT2D eigenvalue weighted by Crippen LogP contribution is 2.33. The largest absolute Gasteiger partial charge is 0.394 e. The van der Waals surface area contributed by atoms with Crippen molar-refractivity contribution in [1.82, 2.24) is 9.91 Å². The second-order valence-corrected chi connectivity index (χ2v) is 5.50. The molecule has 0 aromatic heterocycles. The minimum atomic E-state index is -1.09. The first kappa shape index (κ1) is 18.0. The molecule has 2 N–H and O–H groups in total. The fraction of sp³-hybridized carbons (Fsp3) is 0.533. The Morgan fingerprint density at radius 3 is 2.67 bits per heavy atom. The molecule has 132 valence electrons. The van der Waals surface area contributed by atoms with Gasteiger partial charge in [0.1, 0.15) is 6.04 Å². The molecule has 0 fully saturated rings. The monoisotopic (exact) mass is 339 g/mol. The number of fused-ring (bicyclic) bond motifs is 1. The number of hydrogen-bond donors (Lipinski definition) is 2. The minimum absolute atomic E-state index is 0.0972. The standard InChI is InChI=1S/C15H23N4O5/c1-10(9-20)17(3)19(23-4)16-24-11(2)18-14(21)12-7-5-6-8-13(12)15(18)22/h5-8,10-11,14,20-21H,9H2,1-4H3/q+1/b19-16-/t10-,11?,14?/m0/s1. The number of nitrogens with zero attached hydrogens (tertiary/aromatic N) is 4. The fourth-order valence-electron chi connectivity index (χ4n) is 2.35. The molecule has 24 heavy (non-hydrogen) atoms. The van der Waals surface area contributed by atoms with E-state index < -0.39 is 12.5 Å². The molecular formula is C15H23N4O5+. The smallest absolute Gasteiger partial charge is 0.276 e. The molecule has 2 rings (SSSR count). The summed E-state index contributed by atoms with van der Waals surface area (Å²) < 4.78 is 0. The van der Waals surface area contributed by atoms with Crippen molar-refractivity contribution in [2.75, 3.05) is 20.8 Å². The fourth-order valence-corrected chi connectivity index (χ4v) is 2.35. The molecule has 9 nitrogen and oxygen atoms in total. The highest BCUT2D eigenvalue weighted by molar-refractivity contribution is 5.98. The van der Waals surface area contributed by atoms with E-state index in [0.717, 1.165) is 4.97 Å². The van der Waals surface area contributed by atoms with Gasteiger partial charge in [-0.25, -0.2) is 4.84 Å². The molecule has 0 radical (unpaired) electrons. The van der Waals surface area contributed by atoms with Gasteiger partial charge in [0.05, 0.1) is 13.7 Å². The van der Waals surface area contributed by atoms with Crippen LogP contribution in [0.5, 0.6) is 0 Å². The molecular weight excluding hydrogens is 316 g/mol. The van der Waals surface area contributed by atoms with Gasteiger partial charge in [0.2, 0.25) is 6.23 Å². The SMILES string of the molecule is CO/[N+](=N\OC(C)N1C(=O)c2ccccc2C1O)N(C)[C@@H](C)CO. The molecule has 0 saturated heterocycles. The average Bonchev–Trinajstić information content (AvgIpc) is 2.85. The molecule has 0 aliphatic carbocycles. The lowest BCUT2D eigenvalue weighted by atomic mass is 10.1. The van der Waals surface area contributed by atoms with E-state index in [0.29, 0.717) is 11.1 Å². The van der Waals surface area contributed by atoms with Crippen LogP contribution in [0, 0.1) is 0 Å². The van der Waals surface area contributed by atoms with Crippen molar-refractivity contribution in [3.05, 3.63) is 35.4 Å². The van der Waals surface area contributed by atoms with Crippen LogP contribution in [0.25, 0.3) is 0 Å². The van der Waals surface area contributed by atoms with E-state index in [1.165, 1.54) is 17.0 Å². The highest BCUT2D eigenvalue weighted by Gasteiger charge is 2.39. The van der Waals surface area contributed by atoms with Crippen LogP contribution in [0.4, 0.5) is 0 Å². The maximum atomic E-state index is 12.4. The summed E-state index contributed by atoms with van der Waals surface area (Å²) in [5.41, 5.74) is 0.975. The van der Waals surface area contributed by atoms with Gasteiger partial charge in [0.15, 0.2) is 13.3 Å². The van der Waals surface area contributed by atoms with E-state index >= 15 is 0 Å². The van der Waals surface area contributed by atoms with Crippen LogP contribution >= 0.6 is 0 Å². The first-order chi connectivity index (χ1) is 11.4. The molecule has 0 saturated carbocycles. The van der Waals surface area contributed by atoms with Gasteiger partial charge in [-0.05, 0) is 19.9 Å². The topological polar surface area (TPSA) is 97.8 Å². The van der Waals surface area contributed by atoms with E-state index in [9.17, 15) is 15.0 Å². The Kier molecular flexibility index (Phi) is 5.58. The van der Waals surface area contributed by atoms with Gasteiger partial charge in [-0.15, -0.1) is 5.01 Å². The number of carbonyl (C=O) groups excluding carboxylic acids is 1. The molecule has 1 heterocycles. The molecule has 1 aliphatic rings. The van der Waals surface area contributed by atoms with Gasteiger partial charge in [0.25, 0.3) is 16.2 Å². The van der Waals surface area contributed by atoms with Crippen molar-refractivity contribution < 1.29 is 29.7 Å². The molecule has 1 aromatic rings. The molecule has 1 amide bonds. The zero-order valence-corrected chi connectivity index (χ0v) is 14.2. The van der Waals surface area contributed by atoms with Gasteiger partial charge < -0.3 is 15.1 Å². The van der Waals surface area contributed by atoms with Gasteiger partial charge in [0, 0.05) is 11.1 Å². The van der Waals surface area contributed by atoms with E-state index in [1.54, 1.807) is 45.2 Å². The summed E-state index contributed by atoms with van der Waals surface area (Å²) in [6.07, 6.45) is -1.92. The number of rotatable bonds is 7. The third-order valence-corrected chi connectivity index (χ3v) is 3.96. The molecule has 1 aliphatic heterocycles. The van der Waals surface area contributed by atoms with Crippen LogP contribution in [0.15, 0.2) is 29.5 Å². The Labute approximate surface area is 140 Å².